The molecule has 2 aromatic carbocycles. The van der Waals surface area contributed by atoms with Crippen LogP contribution in [0, 0.1) is 6.92 Å². The lowest BCUT2D eigenvalue weighted by molar-refractivity contribution is -0.118. The Bertz CT molecular complexity index is 929. The second-order valence-electron chi connectivity index (χ2n) is 6.73. The number of carbonyl (C=O) groups excluding carboxylic acids is 1. The lowest BCUT2D eigenvalue weighted by Gasteiger charge is -2.21. The predicted molar refractivity (Wildman–Crippen MR) is 118 cm³/mol. The van der Waals surface area contributed by atoms with Crippen molar-refractivity contribution in [1.82, 2.24) is 9.62 Å². The first-order valence-corrected chi connectivity index (χ1v) is 12.1. The summed E-state index contributed by atoms with van der Waals surface area (Å²) >= 11 is 4.92. The zero-order valence-electron chi connectivity index (χ0n) is 16.4. The Morgan fingerprint density at radius 1 is 1.18 bits per heavy atom. The van der Waals surface area contributed by atoms with Crippen LogP contribution >= 0.6 is 27.7 Å². The summed E-state index contributed by atoms with van der Waals surface area (Å²) < 4.78 is 27.3. The van der Waals surface area contributed by atoms with Crippen molar-refractivity contribution in [2.75, 3.05) is 12.8 Å². The van der Waals surface area contributed by atoms with Crippen LogP contribution in [0.25, 0.3) is 0 Å². The number of rotatable bonds is 8. The van der Waals surface area contributed by atoms with E-state index in [9.17, 15) is 13.2 Å². The molecule has 28 heavy (non-hydrogen) atoms. The van der Waals surface area contributed by atoms with Crippen molar-refractivity contribution >= 4 is 43.6 Å². The number of halogens is 1. The van der Waals surface area contributed by atoms with E-state index in [0.717, 1.165) is 20.5 Å². The molecule has 0 radical (unpaired) electrons. The standard InChI is InChI=1S/C20H25BrN2O3S2/c1-14(2)23(4)28(25,26)18-8-5-16(6-9-18)12-22-20(24)13-27-19-10-7-17(21)11-15(19)3/h5-11,14H,12-13H2,1-4H3,(H,22,24). The Morgan fingerprint density at radius 3 is 2.39 bits per heavy atom. The number of thioether (sulfide) groups is 1. The maximum atomic E-state index is 12.5. The van der Waals surface area contributed by atoms with Crippen molar-refractivity contribution in [2.45, 2.75) is 43.1 Å². The van der Waals surface area contributed by atoms with Crippen molar-refractivity contribution < 1.29 is 13.2 Å². The van der Waals surface area contributed by atoms with Gasteiger partial charge in [0.2, 0.25) is 15.9 Å². The molecule has 0 aliphatic heterocycles. The fraction of sp³-hybridized carbons (Fsp3) is 0.350. The highest BCUT2D eigenvalue weighted by molar-refractivity contribution is 9.10. The van der Waals surface area contributed by atoms with E-state index >= 15 is 0 Å². The van der Waals surface area contributed by atoms with Crippen LogP contribution in [0.4, 0.5) is 0 Å². The molecule has 0 aromatic heterocycles. The van der Waals surface area contributed by atoms with Gasteiger partial charge in [-0.1, -0.05) is 28.1 Å². The van der Waals surface area contributed by atoms with Crippen molar-refractivity contribution in [1.29, 1.82) is 0 Å². The van der Waals surface area contributed by atoms with Crippen LogP contribution in [0.5, 0.6) is 0 Å². The molecule has 0 atom stereocenters. The first-order chi connectivity index (χ1) is 13.1. The number of benzene rings is 2. The summed E-state index contributed by atoms with van der Waals surface area (Å²) in [5.41, 5.74) is 1.97. The van der Waals surface area contributed by atoms with E-state index in [1.165, 1.54) is 16.1 Å². The minimum Gasteiger partial charge on any atom is -0.351 e. The molecule has 0 aliphatic rings. The highest BCUT2D eigenvalue weighted by atomic mass is 79.9. The average Bonchev–Trinajstić information content (AvgIpc) is 2.65. The monoisotopic (exact) mass is 484 g/mol. The summed E-state index contributed by atoms with van der Waals surface area (Å²) in [6, 6.07) is 12.5. The van der Waals surface area contributed by atoms with Crippen LogP contribution in [0.1, 0.15) is 25.0 Å². The fourth-order valence-corrected chi connectivity index (χ4v) is 5.08. The molecule has 0 spiro atoms. The molecule has 5 nitrogen and oxygen atoms in total. The van der Waals surface area contributed by atoms with Crippen LogP contribution in [0.3, 0.4) is 0 Å². The molecular formula is C20H25BrN2O3S2. The molecule has 0 fully saturated rings. The van der Waals surface area contributed by atoms with Crippen molar-refractivity contribution in [2.24, 2.45) is 0 Å². The number of sulfonamides is 1. The summed E-state index contributed by atoms with van der Waals surface area (Å²) in [5.74, 6) is 0.261. The zero-order valence-corrected chi connectivity index (χ0v) is 19.6. The van der Waals surface area contributed by atoms with Crippen LogP contribution < -0.4 is 5.32 Å². The SMILES string of the molecule is Cc1cc(Br)ccc1SCC(=O)NCc1ccc(S(=O)(=O)N(C)C(C)C)cc1. The second kappa shape index (κ2) is 9.91. The number of amides is 1. The Hall–Kier alpha value is -1.35. The Balaban J connectivity index is 1.90. The third kappa shape index (κ3) is 6.07. The Kier molecular flexibility index (Phi) is 8.12. The third-order valence-corrected chi connectivity index (χ3v) is 8.03. The normalized spacial score (nSPS) is 11.8. The number of carbonyl (C=O) groups is 1. The number of hydrogen-bond acceptors (Lipinski definition) is 4. The molecule has 0 bridgehead atoms. The van der Waals surface area contributed by atoms with E-state index in [1.54, 1.807) is 31.3 Å². The lowest BCUT2D eigenvalue weighted by Crippen LogP contribution is -2.33. The third-order valence-electron chi connectivity index (χ3n) is 4.31. The van der Waals surface area contributed by atoms with Gasteiger partial charge < -0.3 is 5.32 Å². The van der Waals surface area contributed by atoms with E-state index in [2.05, 4.69) is 21.2 Å². The maximum absolute atomic E-state index is 12.5. The molecule has 1 amide bonds. The van der Waals surface area contributed by atoms with Crippen LogP contribution in [-0.2, 0) is 21.4 Å². The average molecular weight is 485 g/mol. The Labute approximate surface area is 180 Å². The Morgan fingerprint density at radius 2 is 1.82 bits per heavy atom. The minimum absolute atomic E-state index is 0.0662. The topological polar surface area (TPSA) is 66.5 Å². The van der Waals surface area contributed by atoms with Gasteiger partial charge in [-0.3, -0.25) is 4.79 Å². The smallest absolute Gasteiger partial charge is 0.243 e. The molecule has 0 unspecified atom stereocenters. The van der Waals surface area contributed by atoms with Gasteiger partial charge >= 0.3 is 0 Å². The molecule has 1 N–H and O–H groups in total. The van der Waals surface area contributed by atoms with Crippen LogP contribution in [-0.4, -0.2) is 37.5 Å². The van der Waals surface area contributed by atoms with Crippen molar-refractivity contribution in [3.05, 3.63) is 58.1 Å². The molecular weight excluding hydrogens is 460 g/mol. The van der Waals surface area contributed by atoms with Crippen molar-refractivity contribution in [3.8, 4) is 0 Å². The van der Waals surface area contributed by atoms with Gasteiger partial charge in [0.05, 0.1) is 10.6 Å². The first-order valence-electron chi connectivity index (χ1n) is 8.84. The highest BCUT2D eigenvalue weighted by Gasteiger charge is 2.22. The summed E-state index contributed by atoms with van der Waals surface area (Å²) in [6.45, 7) is 6.03. The molecule has 0 saturated heterocycles. The molecule has 0 saturated carbocycles. The number of aryl methyl sites for hydroxylation is 1. The van der Waals surface area contributed by atoms with E-state index in [4.69, 9.17) is 0 Å². The first kappa shape index (κ1) is 22.9. The van der Waals surface area contributed by atoms with Gasteiger partial charge in [0.1, 0.15) is 0 Å². The molecule has 152 valence electrons. The minimum atomic E-state index is -3.49. The molecule has 2 rings (SSSR count). The second-order valence-corrected chi connectivity index (χ2v) is 10.7. The number of nitrogens with zero attached hydrogens (tertiary/aromatic N) is 1. The number of nitrogens with one attached hydrogen (secondary N) is 1. The molecule has 2 aromatic rings. The molecule has 0 aliphatic carbocycles. The summed E-state index contributed by atoms with van der Waals surface area (Å²) in [7, 11) is -1.93. The van der Waals surface area contributed by atoms with E-state index in [0.29, 0.717) is 12.3 Å². The van der Waals surface area contributed by atoms with Gasteiger partial charge in [0.25, 0.3) is 0 Å². The zero-order chi connectivity index (χ0) is 20.9. The van der Waals surface area contributed by atoms with Crippen LogP contribution in [0.15, 0.2) is 56.7 Å². The predicted octanol–water partition coefficient (Wildman–Crippen LogP) is 4.19. The van der Waals surface area contributed by atoms with Crippen molar-refractivity contribution in [3.63, 3.8) is 0 Å². The van der Waals surface area contributed by atoms with Crippen LogP contribution in [0.2, 0.25) is 0 Å². The summed E-state index contributed by atoms with van der Waals surface area (Å²) in [4.78, 5) is 13.4. The van der Waals surface area contributed by atoms with E-state index in [-0.39, 0.29) is 16.8 Å². The highest BCUT2D eigenvalue weighted by Crippen LogP contribution is 2.25. The van der Waals surface area contributed by atoms with E-state index < -0.39 is 10.0 Å². The number of hydrogen-bond donors (Lipinski definition) is 1. The van der Waals surface area contributed by atoms with Gasteiger partial charge in [-0.15, -0.1) is 11.8 Å². The lowest BCUT2D eigenvalue weighted by atomic mass is 10.2. The molecule has 8 heteroatoms. The van der Waals surface area contributed by atoms with Gasteiger partial charge in [0, 0.05) is 29.0 Å². The largest absolute Gasteiger partial charge is 0.351 e. The molecule has 0 heterocycles. The summed E-state index contributed by atoms with van der Waals surface area (Å²) in [5, 5.41) is 2.87. The van der Waals surface area contributed by atoms with Gasteiger partial charge in [-0.2, -0.15) is 4.31 Å². The maximum Gasteiger partial charge on any atom is 0.243 e. The van der Waals surface area contributed by atoms with Gasteiger partial charge in [-0.25, -0.2) is 8.42 Å². The fourth-order valence-electron chi connectivity index (χ4n) is 2.39. The van der Waals surface area contributed by atoms with Gasteiger partial charge in [-0.05, 0) is 62.2 Å². The summed E-state index contributed by atoms with van der Waals surface area (Å²) in [6.07, 6.45) is 0. The van der Waals surface area contributed by atoms with E-state index in [1.807, 2.05) is 39.0 Å². The quantitative estimate of drug-likeness (QED) is 0.570. The van der Waals surface area contributed by atoms with Gasteiger partial charge in [0.15, 0.2) is 0 Å².